The Morgan fingerprint density at radius 2 is 1.84 bits per heavy atom. The summed E-state index contributed by atoms with van der Waals surface area (Å²) in [5, 5.41) is 4.45. The number of fused-ring (bicyclic) bond motifs is 2. The summed E-state index contributed by atoms with van der Waals surface area (Å²) in [5.41, 5.74) is 2.26. The zero-order chi connectivity index (χ0) is 31.2. The molecule has 6 rings (SSSR count). The minimum absolute atomic E-state index is 0.139. The first-order valence-electron chi connectivity index (χ1n) is 13.8. The third kappa shape index (κ3) is 5.35. The number of imidazole rings is 1. The number of rotatable bonds is 9. The van der Waals surface area contributed by atoms with E-state index < -0.39 is 21.0 Å². The van der Waals surface area contributed by atoms with Gasteiger partial charge in [-0.05, 0) is 44.2 Å². The molecule has 0 N–H and O–H groups in total. The van der Waals surface area contributed by atoms with Gasteiger partial charge in [0.05, 0.1) is 11.3 Å². The number of nitrogens with zero attached hydrogens (tertiary/aromatic N) is 7. The monoisotopic (exact) mass is 651 g/mol. The Labute approximate surface area is 261 Å². The lowest BCUT2D eigenvalue weighted by atomic mass is 10.1. The van der Waals surface area contributed by atoms with Crippen LogP contribution in [-0.4, -0.2) is 73.1 Å². The lowest BCUT2D eigenvalue weighted by Crippen LogP contribution is -2.29. The average molecular weight is 652 g/mol. The number of hydrogen-bond donors (Lipinski definition) is 0. The molecular weight excluding hydrogens is 623 g/mol. The van der Waals surface area contributed by atoms with Crippen molar-refractivity contribution in [1.29, 1.82) is 0 Å². The van der Waals surface area contributed by atoms with E-state index in [1.54, 1.807) is 25.1 Å². The Morgan fingerprint density at radius 3 is 2.55 bits per heavy atom. The summed E-state index contributed by atoms with van der Waals surface area (Å²) in [6.07, 6.45) is 1.18. The van der Waals surface area contributed by atoms with Crippen LogP contribution in [0.5, 0.6) is 0 Å². The van der Waals surface area contributed by atoms with Crippen molar-refractivity contribution in [3.8, 4) is 11.3 Å². The summed E-state index contributed by atoms with van der Waals surface area (Å²) in [4.78, 5) is 37.0. The Morgan fingerprint density at radius 1 is 1.09 bits per heavy atom. The lowest BCUT2D eigenvalue weighted by Gasteiger charge is -2.24. The second-order valence-electron chi connectivity index (χ2n) is 10.2. The highest BCUT2D eigenvalue weighted by Gasteiger charge is 2.40. The van der Waals surface area contributed by atoms with Gasteiger partial charge in [0.25, 0.3) is 4.34 Å². The minimum Gasteiger partial charge on any atom is -0.422 e. The van der Waals surface area contributed by atoms with E-state index in [0.29, 0.717) is 22.4 Å². The van der Waals surface area contributed by atoms with E-state index in [2.05, 4.69) is 28.2 Å². The largest absolute Gasteiger partial charge is 0.422 e. The summed E-state index contributed by atoms with van der Waals surface area (Å²) in [6, 6.07) is 16.6. The summed E-state index contributed by atoms with van der Waals surface area (Å²) in [5.74, 6) is 0.0370. The summed E-state index contributed by atoms with van der Waals surface area (Å²) < 4.78 is 36.7. The van der Waals surface area contributed by atoms with Crippen molar-refractivity contribution >= 4 is 72.7 Å². The van der Waals surface area contributed by atoms with Crippen LogP contribution in [0.4, 0.5) is 11.4 Å². The van der Waals surface area contributed by atoms with Crippen molar-refractivity contribution in [2.45, 2.75) is 23.6 Å². The molecule has 44 heavy (non-hydrogen) atoms. The van der Waals surface area contributed by atoms with Crippen LogP contribution in [0.1, 0.15) is 24.9 Å². The molecule has 0 aliphatic carbocycles. The van der Waals surface area contributed by atoms with Gasteiger partial charge < -0.3 is 14.2 Å². The molecule has 3 aromatic heterocycles. The van der Waals surface area contributed by atoms with E-state index in [1.165, 1.54) is 27.5 Å². The fourth-order valence-electron chi connectivity index (χ4n) is 5.02. The molecule has 1 aliphatic rings. The van der Waals surface area contributed by atoms with E-state index in [-0.39, 0.29) is 32.2 Å². The van der Waals surface area contributed by atoms with Crippen LogP contribution < -0.4 is 15.4 Å². The zero-order valence-electron chi connectivity index (χ0n) is 24.4. The third-order valence-electron chi connectivity index (χ3n) is 7.10. The molecule has 1 saturated heterocycles. The molecular formula is C29H29N7O5S3. The maximum atomic E-state index is 13.6. The minimum atomic E-state index is -4.13. The van der Waals surface area contributed by atoms with Gasteiger partial charge in [0.1, 0.15) is 28.7 Å². The van der Waals surface area contributed by atoms with E-state index in [0.717, 1.165) is 30.1 Å². The van der Waals surface area contributed by atoms with Gasteiger partial charge in [-0.1, -0.05) is 29.5 Å². The highest BCUT2D eigenvalue weighted by molar-refractivity contribution is 8.00. The van der Waals surface area contributed by atoms with Crippen LogP contribution in [-0.2, 0) is 14.8 Å². The topological polar surface area (TPSA) is 134 Å². The van der Waals surface area contributed by atoms with Gasteiger partial charge in [-0.2, -0.15) is 8.42 Å². The maximum Gasteiger partial charge on any atom is 0.345 e. The Balaban J connectivity index is 1.55. The number of anilines is 2. The molecule has 2 aromatic carbocycles. The molecule has 0 radical (unpaired) electrons. The fraction of sp³-hybridized carbons (Fsp3) is 0.276. The van der Waals surface area contributed by atoms with Gasteiger partial charge in [0, 0.05) is 50.0 Å². The second-order valence-corrected chi connectivity index (χ2v) is 14.0. The highest BCUT2D eigenvalue weighted by Crippen LogP contribution is 2.45. The van der Waals surface area contributed by atoms with Gasteiger partial charge in [0.2, 0.25) is 10.9 Å². The van der Waals surface area contributed by atoms with Gasteiger partial charge in [0.15, 0.2) is 0 Å². The van der Waals surface area contributed by atoms with E-state index in [1.807, 2.05) is 48.5 Å². The quantitative estimate of drug-likeness (QED) is 0.128. The smallest absolute Gasteiger partial charge is 0.345 e. The van der Waals surface area contributed by atoms with Crippen LogP contribution >= 0.6 is 23.1 Å². The van der Waals surface area contributed by atoms with E-state index in [4.69, 9.17) is 9.40 Å². The van der Waals surface area contributed by atoms with Gasteiger partial charge in [-0.15, -0.1) is 21.3 Å². The molecule has 5 aromatic rings. The Bertz CT molecular complexity index is 2070. The number of thioether (sulfide) groups is 1. The highest BCUT2D eigenvalue weighted by atomic mass is 32.2. The number of benzene rings is 2. The summed E-state index contributed by atoms with van der Waals surface area (Å²) in [7, 11) is -0.818. The van der Waals surface area contributed by atoms with Crippen LogP contribution in [0, 0.1) is 0 Å². The second kappa shape index (κ2) is 11.7. The molecule has 1 amide bonds. The van der Waals surface area contributed by atoms with Crippen LogP contribution in [0.3, 0.4) is 0 Å². The number of carbonyl (C=O) groups excluding carboxylic acids is 1. The number of para-hydroxylation sites is 1. The van der Waals surface area contributed by atoms with Gasteiger partial charge >= 0.3 is 15.6 Å². The molecule has 1 unspecified atom stereocenters. The van der Waals surface area contributed by atoms with E-state index in [9.17, 15) is 18.0 Å². The van der Waals surface area contributed by atoms with Crippen molar-refractivity contribution in [2.24, 2.45) is 4.40 Å². The fourth-order valence-corrected chi connectivity index (χ4v) is 8.22. The maximum absolute atomic E-state index is 13.6. The van der Waals surface area contributed by atoms with Crippen molar-refractivity contribution in [1.82, 2.24) is 19.5 Å². The van der Waals surface area contributed by atoms with Crippen molar-refractivity contribution in [3.05, 3.63) is 70.7 Å². The van der Waals surface area contributed by atoms with E-state index >= 15 is 0 Å². The molecule has 1 atom stereocenters. The van der Waals surface area contributed by atoms with Gasteiger partial charge in [-0.3, -0.25) is 9.69 Å². The molecule has 1 fully saturated rings. The van der Waals surface area contributed by atoms with Gasteiger partial charge in [-0.25, -0.2) is 14.3 Å². The number of hydrogen-bond acceptors (Lipinski definition) is 10. The molecule has 0 saturated carbocycles. The standard InChI is InChI=1S/C29H29N7O5S3/c1-5-34(6-2)20-13-12-18-14-21(27(38)41-22(18)15-20)24-25(26-35(23(37)16-42-26)19-10-8-7-9-11-19)36-28(31-24)43-29(32-36)44(39,40)30-17-33(3)4/h7-15,17,26H,5-6,16H2,1-4H3/b30-17+. The average Bonchev–Trinajstić information content (AvgIpc) is 3.69. The number of sulfonamides is 1. The Kier molecular flexibility index (Phi) is 7.94. The first-order valence-corrected chi connectivity index (χ1v) is 17.1. The predicted molar refractivity (Wildman–Crippen MR) is 174 cm³/mol. The molecule has 0 bridgehead atoms. The normalized spacial score (nSPS) is 15.7. The lowest BCUT2D eigenvalue weighted by molar-refractivity contribution is -0.115. The molecule has 1 aliphatic heterocycles. The van der Waals surface area contributed by atoms with Crippen LogP contribution in [0.2, 0.25) is 0 Å². The number of carbonyl (C=O) groups is 1. The third-order valence-corrected chi connectivity index (χ3v) is 10.7. The van der Waals surface area contributed by atoms with Crippen molar-refractivity contribution in [3.63, 3.8) is 0 Å². The number of aromatic nitrogens is 3. The summed E-state index contributed by atoms with van der Waals surface area (Å²) in [6.45, 7) is 5.73. The zero-order valence-corrected chi connectivity index (χ0v) is 26.8. The first-order chi connectivity index (χ1) is 21.1. The molecule has 4 heterocycles. The number of amides is 1. The Hall–Kier alpha value is -4.21. The molecule has 228 valence electrons. The predicted octanol–water partition coefficient (Wildman–Crippen LogP) is 4.47. The SMILES string of the molecule is CCN(CC)c1ccc2cc(-c3nc4sc(S(=O)(=O)/N=C/N(C)C)nn4c3C3SCC(=O)N3c3ccccc3)c(=O)oc2c1. The van der Waals surface area contributed by atoms with Crippen molar-refractivity contribution in [2.75, 3.05) is 42.7 Å². The summed E-state index contributed by atoms with van der Waals surface area (Å²) >= 11 is 2.17. The van der Waals surface area contributed by atoms with Crippen LogP contribution in [0.25, 0.3) is 27.2 Å². The first kappa shape index (κ1) is 29.8. The molecule has 15 heteroatoms. The van der Waals surface area contributed by atoms with Crippen LogP contribution in [0.15, 0.2) is 72.5 Å². The van der Waals surface area contributed by atoms with Crippen molar-refractivity contribution < 1.29 is 17.6 Å². The molecule has 0 spiro atoms. The molecule has 12 nitrogen and oxygen atoms in total.